The Hall–Kier alpha value is -0.0600. The van der Waals surface area contributed by atoms with Crippen LogP contribution in [0, 0.1) is 0 Å². The van der Waals surface area contributed by atoms with Crippen molar-refractivity contribution in [3.8, 4) is 5.75 Å². The van der Waals surface area contributed by atoms with Crippen LogP contribution in [0.1, 0.15) is 25.3 Å². The first-order valence-corrected chi connectivity index (χ1v) is 7.51. The van der Waals surface area contributed by atoms with E-state index in [1.165, 1.54) is 18.4 Å². The van der Waals surface area contributed by atoms with E-state index < -0.39 is 0 Å². The van der Waals surface area contributed by atoms with Crippen molar-refractivity contribution < 1.29 is 9.47 Å². The largest absolute Gasteiger partial charge is 0.489 e. The van der Waals surface area contributed by atoms with Crippen molar-refractivity contribution in [1.29, 1.82) is 0 Å². The normalized spacial score (nSPS) is 18.2. The van der Waals surface area contributed by atoms with E-state index in [9.17, 15) is 0 Å². The molecule has 0 bridgehead atoms. The second kappa shape index (κ2) is 6.21. The standard InChI is InChI=1S/C13H16Br2O2/c1-2-3-4-9-5-10(14)6-12(15)13(9)17-8-11-7-16-11/h5-6,11H,2-4,7-8H2,1H3. The molecule has 0 amide bonds. The molecule has 2 nitrogen and oxygen atoms in total. The molecule has 1 aromatic carbocycles. The second-order valence-corrected chi connectivity index (χ2v) is 6.02. The molecule has 0 aliphatic carbocycles. The minimum atomic E-state index is 0.296. The predicted octanol–water partition coefficient (Wildman–Crippen LogP) is 4.33. The van der Waals surface area contributed by atoms with Crippen molar-refractivity contribution in [3.63, 3.8) is 0 Å². The van der Waals surface area contributed by atoms with Crippen LogP contribution in [0.3, 0.4) is 0 Å². The summed E-state index contributed by atoms with van der Waals surface area (Å²) in [6, 6.07) is 4.17. The molecule has 1 heterocycles. The van der Waals surface area contributed by atoms with Crippen LogP contribution in [0.5, 0.6) is 5.75 Å². The van der Waals surface area contributed by atoms with Gasteiger partial charge in [-0.1, -0.05) is 29.3 Å². The first-order chi connectivity index (χ1) is 8.20. The smallest absolute Gasteiger partial charge is 0.136 e. The number of epoxide rings is 1. The van der Waals surface area contributed by atoms with Gasteiger partial charge in [0.05, 0.1) is 11.1 Å². The molecule has 1 aliphatic rings. The first-order valence-electron chi connectivity index (χ1n) is 5.93. The van der Waals surface area contributed by atoms with E-state index in [1.54, 1.807) is 0 Å². The minimum Gasteiger partial charge on any atom is -0.489 e. The van der Waals surface area contributed by atoms with E-state index in [0.717, 1.165) is 27.7 Å². The molecule has 1 fully saturated rings. The number of ether oxygens (including phenoxy) is 2. The van der Waals surface area contributed by atoms with Crippen LogP contribution in [0.4, 0.5) is 0 Å². The third-order valence-electron chi connectivity index (χ3n) is 2.70. The third-order valence-corrected chi connectivity index (χ3v) is 3.75. The van der Waals surface area contributed by atoms with Gasteiger partial charge >= 0.3 is 0 Å². The minimum absolute atomic E-state index is 0.296. The maximum atomic E-state index is 5.85. The molecule has 1 atom stereocenters. The Morgan fingerprint density at radius 1 is 1.41 bits per heavy atom. The summed E-state index contributed by atoms with van der Waals surface area (Å²) in [6.45, 7) is 3.68. The molecule has 0 aromatic heterocycles. The molecular weight excluding hydrogens is 348 g/mol. The zero-order valence-electron chi connectivity index (χ0n) is 9.84. The Labute approximate surface area is 119 Å². The lowest BCUT2D eigenvalue weighted by atomic mass is 10.1. The summed E-state index contributed by atoms with van der Waals surface area (Å²) in [5.41, 5.74) is 1.26. The van der Waals surface area contributed by atoms with Gasteiger partial charge in [0, 0.05) is 4.47 Å². The van der Waals surface area contributed by atoms with Gasteiger partial charge in [0.25, 0.3) is 0 Å². The molecule has 1 aromatic rings. The van der Waals surface area contributed by atoms with Crippen molar-refractivity contribution in [3.05, 3.63) is 26.6 Å². The van der Waals surface area contributed by atoms with Gasteiger partial charge in [0.15, 0.2) is 0 Å². The molecule has 1 aliphatic heterocycles. The zero-order valence-corrected chi connectivity index (χ0v) is 13.0. The van der Waals surface area contributed by atoms with Gasteiger partial charge in [-0.05, 0) is 46.5 Å². The lowest BCUT2D eigenvalue weighted by Crippen LogP contribution is -2.06. The summed E-state index contributed by atoms with van der Waals surface area (Å²) in [6.07, 6.45) is 3.72. The van der Waals surface area contributed by atoms with Gasteiger partial charge in [-0.15, -0.1) is 0 Å². The molecule has 0 radical (unpaired) electrons. The zero-order chi connectivity index (χ0) is 12.3. The molecular formula is C13H16Br2O2. The van der Waals surface area contributed by atoms with Crippen molar-refractivity contribution in [2.75, 3.05) is 13.2 Å². The Morgan fingerprint density at radius 2 is 2.18 bits per heavy atom. The van der Waals surface area contributed by atoms with Crippen molar-refractivity contribution in [2.24, 2.45) is 0 Å². The van der Waals surface area contributed by atoms with Crippen LogP contribution < -0.4 is 4.74 Å². The average Bonchev–Trinajstić information content (AvgIpc) is 3.08. The molecule has 1 unspecified atom stereocenters. The van der Waals surface area contributed by atoms with E-state index in [4.69, 9.17) is 9.47 Å². The molecule has 94 valence electrons. The van der Waals surface area contributed by atoms with Gasteiger partial charge < -0.3 is 9.47 Å². The van der Waals surface area contributed by atoms with Crippen LogP contribution in [-0.4, -0.2) is 19.3 Å². The third kappa shape index (κ3) is 3.97. The summed E-state index contributed by atoms with van der Waals surface area (Å²) in [5.74, 6) is 0.970. The van der Waals surface area contributed by atoms with Crippen LogP contribution in [0.2, 0.25) is 0 Å². The van der Waals surface area contributed by atoms with Gasteiger partial charge in [-0.3, -0.25) is 0 Å². The number of halogens is 2. The van der Waals surface area contributed by atoms with Gasteiger partial charge in [0.1, 0.15) is 18.5 Å². The van der Waals surface area contributed by atoms with Crippen LogP contribution in [0.25, 0.3) is 0 Å². The van der Waals surface area contributed by atoms with Crippen LogP contribution >= 0.6 is 31.9 Å². The highest BCUT2D eigenvalue weighted by Gasteiger charge is 2.24. The molecule has 0 N–H and O–H groups in total. The van der Waals surface area contributed by atoms with E-state index in [1.807, 2.05) is 6.07 Å². The Morgan fingerprint density at radius 3 is 2.82 bits per heavy atom. The lowest BCUT2D eigenvalue weighted by Gasteiger charge is -2.13. The number of aryl methyl sites for hydroxylation is 1. The van der Waals surface area contributed by atoms with Crippen LogP contribution in [-0.2, 0) is 11.2 Å². The summed E-state index contributed by atoms with van der Waals surface area (Å²) in [4.78, 5) is 0. The van der Waals surface area contributed by atoms with Crippen LogP contribution in [0.15, 0.2) is 21.1 Å². The molecule has 0 saturated carbocycles. The highest BCUT2D eigenvalue weighted by molar-refractivity contribution is 9.11. The highest BCUT2D eigenvalue weighted by atomic mass is 79.9. The van der Waals surface area contributed by atoms with Crippen molar-refractivity contribution >= 4 is 31.9 Å². The SMILES string of the molecule is CCCCc1cc(Br)cc(Br)c1OCC1CO1. The van der Waals surface area contributed by atoms with E-state index in [0.29, 0.717) is 12.7 Å². The summed E-state index contributed by atoms with van der Waals surface area (Å²) in [7, 11) is 0. The average molecular weight is 364 g/mol. The predicted molar refractivity (Wildman–Crippen MR) is 75.7 cm³/mol. The maximum absolute atomic E-state index is 5.85. The lowest BCUT2D eigenvalue weighted by molar-refractivity contribution is 0.259. The highest BCUT2D eigenvalue weighted by Crippen LogP contribution is 2.34. The fraction of sp³-hybridized carbons (Fsp3) is 0.538. The molecule has 4 heteroatoms. The number of hydrogen-bond acceptors (Lipinski definition) is 2. The molecule has 2 rings (SSSR count). The maximum Gasteiger partial charge on any atom is 0.136 e. The summed E-state index contributed by atoms with van der Waals surface area (Å²) in [5, 5.41) is 0. The number of benzene rings is 1. The number of unbranched alkanes of at least 4 members (excludes halogenated alkanes) is 1. The van der Waals surface area contributed by atoms with Gasteiger partial charge in [0.2, 0.25) is 0 Å². The van der Waals surface area contributed by atoms with E-state index >= 15 is 0 Å². The van der Waals surface area contributed by atoms with E-state index in [-0.39, 0.29) is 0 Å². The molecule has 17 heavy (non-hydrogen) atoms. The van der Waals surface area contributed by atoms with Gasteiger partial charge in [-0.2, -0.15) is 0 Å². The number of hydrogen-bond donors (Lipinski definition) is 0. The fourth-order valence-electron chi connectivity index (χ4n) is 1.67. The monoisotopic (exact) mass is 362 g/mol. The summed E-state index contributed by atoms with van der Waals surface area (Å²) < 4.78 is 13.1. The Kier molecular flexibility index (Phi) is 4.88. The second-order valence-electron chi connectivity index (χ2n) is 4.25. The molecule has 0 spiro atoms. The molecule has 1 saturated heterocycles. The quantitative estimate of drug-likeness (QED) is 0.701. The van der Waals surface area contributed by atoms with Gasteiger partial charge in [-0.25, -0.2) is 0 Å². The van der Waals surface area contributed by atoms with E-state index in [2.05, 4.69) is 44.8 Å². The fourth-order valence-corrected chi connectivity index (χ4v) is 3.10. The summed E-state index contributed by atoms with van der Waals surface area (Å²) >= 11 is 7.09. The Bertz CT molecular complexity index is 389. The topological polar surface area (TPSA) is 21.8 Å². The Balaban J connectivity index is 2.12. The number of rotatable bonds is 6. The first kappa shape index (κ1) is 13.4. The van der Waals surface area contributed by atoms with Crippen molar-refractivity contribution in [1.82, 2.24) is 0 Å². The van der Waals surface area contributed by atoms with Crippen molar-refractivity contribution in [2.45, 2.75) is 32.3 Å².